The average Bonchev–Trinajstić information content (AvgIpc) is 3.40. The van der Waals surface area contributed by atoms with Gasteiger partial charge in [0.1, 0.15) is 5.41 Å². The zero-order valence-corrected chi connectivity index (χ0v) is 15.3. The topological polar surface area (TPSA) is 49.4 Å². The molecule has 1 atom stereocenters. The lowest BCUT2D eigenvalue weighted by atomic mass is 9.95. The molecule has 130 valence electrons. The van der Waals surface area contributed by atoms with Crippen molar-refractivity contribution in [3.05, 3.63) is 28.2 Å². The molecule has 0 radical (unpaired) electrons. The predicted molar refractivity (Wildman–Crippen MR) is 96.4 cm³/mol. The Hall–Kier alpha value is -1.26. The second-order valence-corrected chi connectivity index (χ2v) is 7.48. The Morgan fingerprint density at radius 1 is 1.29 bits per heavy atom. The van der Waals surface area contributed by atoms with Crippen molar-refractivity contribution in [2.24, 2.45) is 5.41 Å². The quantitative estimate of drug-likeness (QED) is 0.795. The number of hydrogen-bond acceptors (Lipinski definition) is 2. The second kappa shape index (κ2) is 6.93. The number of amides is 2. The number of hydrogen-bond donors (Lipinski definition) is 1. The van der Waals surface area contributed by atoms with Crippen LogP contribution in [-0.4, -0.2) is 29.3 Å². The van der Waals surface area contributed by atoms with Crippen LogP contribution in [-0.2, 0) is 9.59 Å². The van der Waals surface area contributed by atoms with Crippen molar-refractivity contribution in [3.63, 3.8) is 0 Å². The van der Waals surface area contributed by atoms with Crippen LogP contribution in [0.4, 0.5) is 5.69 Å². The number of nitrogens with one attached hydrogen (secondary N) is 1. The minimum Gasteiger partial charge on any atom is -0.339 e. The molecule has 2 amide bonds. The molecule has 1 unspecified atom stereocenters. The summed E-state index contributed by atoms with van der Waals surface area (Å²) in [5, 5.41) is 3.49. The van der Waals surface area contributed by atoms with Crippen molar-refractivity contribution in [2.45, 2.75) is 51.5 Å². The molecule has 2 fully saturated rings. The fourth-order valence-electron chi connectivity index (χ4n) is 3.47. The number of carbonyl (C=O) groups is 2. The zero-order chi connectivity index (χ0) is 17.3. The Kier molecular flexibility index (Phi) is 5.07. The number of piperidine rings is 1. The van der Waals surface area contributed by atoms with Crippen LogP contribution in [0.15, 0.2) is 18.2 Å². The van der Waals surface area contributed by atoms with Gasteiger partial charge in [-0.3, -0.25) is 9.59 Å². The van der Waals surface area contributed by atoms with Crippen LogP contribution in [0.3, 0.4) is 0 Å². The van der Waals surface area contributed by atoms with E-state index in [2.05, 4.69) is 12.2 Å². The number of nitrogens with zero attached hydrogens (tertiary/aromatic N) is 1. The molecule has 0 spiro atoms. The molecule has 0 aromatic heterocycles. The first-order valence-corrected chi connectivity index (χ1v) is 9.31. The molecule has 1 saturated heterocycles. The van der Waals surface area contributed by atoms with E-state index in [0.717, 1.165) is 32.2 Å². The average molecular weight is 369 g/mol. The highest BCUT2D eigenvalue weighted by atomic mass is 35.5. The molecular formula is C18H22Cl2N2O2. The van der Waals surface area contributed by atoms with Crippen LogP contribution in [0.1, 0.15) is 45.4 Å². The fourth-order valence-corrected chi connectivity index (χ4v) is 3.82. The maximum Gasteiger partial charge on any atom is 0.240 e. The van der Waals surface area contributed by atoms with E-state index >= 15 is 0 Å². The van der Waals surface area contributed by atoms with E-state index in [-0.39, 0.29) is 17.9 Å². The molecule has 1 aliphatic carbocycles. The summed E-state index contributed by atoms with van der Waals surface area (Å²) >= 11 is 12.1. The Morgan fingerprint density at radius 2 is 2.04 bits per heavy atom. The largest absolute Gasteiger partial charge is 0.339 e. The van der Waals surface area contributed by atoms with E-state index in [1.54, 1.807) is 18.2 Å². The molecule has 1 N–H and O–H groups in total. The Balaban J connectivity index is 1.76. The molecule has 1 saturated carbocycles. The summed E-state index contributed by atoms with van der Waals surface area (Å²) in [5.74, 6) is -0.290. The number of benzene rings is 1. The summed E-state index contributed by atoms with van der Waals surface area (Å²) in [4.78, 5) is 27.7. The first kappa shape index (κ1) is 17.6. The summed E-state index contributed by atoms with van der Waals surface area (Å²) in [6, 6.07) is 5.34. The number of halogens is 2. The minimum absolute atomic E-state index is 0.0234. The predicted octanol–water partition coefficient (Wildman–Crippen LogP) is 4.50. The Bertz CT molecular complexity index is 658. The minimum atomic E-state index is -0.920. The van der Waals surface area contributed by atoms with Gasteiger partial charge < -0.3 is 10.2 Å². The maximum atomic E-state index is 13.0. The normalized spacial score (nSPS) is 22.1. The van der Waals surface area contributed by atoms with Gasteiger partial charge >= 0.3 is 0 Å². The lowest BCUT2D eigenvalue weighted by Crippen LogP contribution is -2.49. The van der Waals surface area contributed by atoms with Gasteiger partial charge in [-0.15, -0.1) is 0 Å². The Labute approximate surface area is 152 Å². The molecule has 4 nitrogen and oxygen atoms in total. The van der Waals surface area contributed by atoms with E-state index in [9.17, 15) is 9.59 Å². The molecular weight excluding hydrogens is 347 g/mol. The lowest BCUT2D eigenvalue weighted by Gasteiger charge is -2.37. The van der Waals surface area contributed by atoms with Gasteiger partial charge in [0.25, 0.3) is 0 Å². The van der Waals surface area contributed by atoms with Gasteiger partial charge in [-0.2, -0.15) is 0 Å². The van der Waals surface area contributed by atoms with E-state index in [0.29, 0.717) is 28.6 Å². The third kappa shape index (κ3) is 3.14. The van der Waals surface area contributed by atoms with Gasteiger partial charge in [-0.25, -0.2) is 0 Å². The van der Waals surface area contributed by atoms with Gasteiger partial charge in [-0.05, 0) is 50.7 Å². The summed E-state index contributed by atoms with van der Waals surface area (Å²) in [7, 11) is 0. The summed E-state index contributed by atoms with van der Waals surface area (Å²) in [5.41, 5.74) is -0.463. The van der Waals surface area contributed by atoms with Crippen LogP contribution in [0.2, 0.25) is 10.0 Å². The number of rotatable bonds is 4. The van der Waals surface area contributed by atoms with Crippen molar-refractivity contribution < 1.29 is 9.59 Å². The highest BCUT2D eigenvalue weighted by Gasteiger charge is 2.58. The highest BCUT2D eigenvalue weighted by molar-refractivity contribution is 6.44. The lowest BCUT2D eigenvalue weighted by molar-refractivity contribution is -0.145. The third-order valence-electron chi connectivity index (χ3n) is 5.15. The van der Waals surface area contributed by atoms with Gasteiger partial charge in [-0.1, -0.05) is 36.2 Å². The first-order valence-electron chi connectivity index (χ1n) is 8.56. The first-order chi connectivity index (χ1) is 11.5. The summed E-state index contributed by atoms with van der Waals surface area (Å²) in [6.45, 7) is 2.85. The van der Waals surface area contributed by atoms with Crippen molar-refractivity contribution in [1.82, 2.24) is 4.90 Å². The van der Waals surface area contributed by atoms with E-state index in [1.807, 2.05) is 4.90 Å². The molecule has 1 aromatic rings. The SMILES string of the molecule is CCC1CCCCN1C(=O)C1(C(=O)Nc2cccc(Cl)c2Cl)CC1. The molecule has 3 rings (SSSR count). The molecule has 0 bridgehead atoms. The van der Waals surface area contributed by atoms with Crippen molar-refractivity contribution >= 4 is 40.7 Å². The monoisotopic (exact) mass is 368 g/mol. The summed E-state index contributed by atoms with van der Waals surface area (Å²) in [6.07, 6.45) is 5.33. The van der Waals surface area contributed by atoms with E-state index in [4.69, 9.17) is 23.2 Å². The third-order valence-corrected chi connectivity index (χ3v) is 5.97. The van der Waals surface area contributed by atoms with Crippen LogP contribution in [0, 0.1) is 5.41 Å². The number of likely N-dealkylation sites (tertiary alicyclic amines) is 1. The van der Waals surface area contributed by atoms with Gasteiger partial charge in [0, 0.05) is 12.6 Å². The molecule has 6 heteroatoms. The molecule has 2 aliphatic rings. The second-order valence-electron chi connectivity index (χ2n) is 6.69. The van der Waals surface area contributed by atoms with E-state index in [1.165, 1.54) is 0 Å². The fraction of sp³-hybridized carbons (Fsp3) is 0.556. The maximum absolute atomic E-state index is 13.0. The smallest absolute Gasteiger partial charge is 0.240 e. The van der Waals surface area contributed by atoms with E-state index < -0.39 is 5.41 Å². The number of carbonyl (C=O) groups excluding carboxylic acids is 2. The standard InChI is InChI=1S/C18H22Cl2N2O2/c1-2-12-6-3-4-11-22(12)17(24)18(9-10-18)16(23)21-14-8-5-7-13(19)15(14)20/h5,7-8,12H,2-4,6,9-11H2,1H3,(H,21,23). The zero-order valence-electron chi connectivity index (χ0n) is 13.8. The highest BCUT2D eigenvalue weighted by Crippen LogP contribution is 2.49. The van der Waals surface area contributed by atoms with Crippen molar-refractivity contribution in [2.75, 3.05) is 11.9 Å². The van der Waals surface area contributed by atoms with Crippen LogP contribution in [0.5, 0.6) is 0 Å². The molecule has 24 heavy (non-hydrogen) atoms. The van der Waals surface area contributed by atoms with Gasteiger partial charge in [0.2, 0.25) is 11.8 Å². The molecule has 1 aromatic carbocycles. The molecule has 1 heterocycles. The van der Waals surface area contributed by atoms with Gasteiger partial charge in [0.05, 0.1) is 15.7 Å². The van der Waals surface area contributed by atoms with Crippen molar-refractivity contribution in [3.8, 4) is 0 Å². The van der Waals surface area contributed by atoms with Gasteiger partial charge in [0.15, 0.2) is 0 Å². The van der Waals surface area contributed by atoms with Crippen LogP contribution >= 0.6 is 23.2 Å². The van der Waals surface area contributed by atoms with Crippen molar-refractivity contribution in [1.29, 1.82) is 0 Å². The molecule has 1 aliphatic heterocycles. The van der Waals surface area contributed by atoms with Crippen LogP contribution in [0.25, 0.3) is 0 Å². The summed E-state index contributed by atoms with van der Waals surface area (Å²) < 4.78 is 0. The number of anilines is 1. The Morgan fingerprint density at radius 3 is 2.71 bits per heavy atom. The van der Waals surface area contributed by atoms with Crippen LogP contribution < -0.4 is 5.32 Å².